The number of fused-ring (bicyclic) bond motifs is 3. The van der Waals surface area contributed by atoms with Gasteiger partial charge in [-0.05, 0) is 12.8 Å². The van der Waals surface area contributed by atoms with Crippen molar-refractivity contribution in [2.24, 2.45) is 5.92 Å². The van der Waals surface area contributed by atoms with Crippen molar-refractivity contribution >= 4 is 17.6 Å². The summed E-state index contributed by atoms with van der Waals surface area (Å²) >= 11 is 6.11. The maximum absolute atomic E-state index is 12.4. The number of halogens is 1. The Hall–Kier alpha value is -2.28. The molecule has 8 heteroatoms. The minimum atomic E-state index is -0.650. The largest absolute Gasteiger partial charge is 0.462 e. The van der Waals surface area contributed by atoms with Crippen LogP contribution in [0.25, 0.3) is 11.4 Å². The fourth-order valence-electron chi connectivity index (χ4n) is 3.02. The lowest BCUT2D eigenvalue weighted by molar-refractivity contribution is 0.0523. The minimum Gasteiger partial charge on any atom is -0.462 e. The third kappa shape index (κ3) is 2.49. The summed E-state index contributed by atoms with van der Waals surface area (Å²) in [5.74, 6) is -0.442. The number of carbonyl (C=O) groups is 1. The first kappa shape index (κ1) is 16.6. The average molecular weight is 352 g/mol. The van der Waals surface area contributed by atoms with Crippen LogP contribution in [0, 0.1) is 5.92 Å². The molecule has 1 aliphatic rings. The number of esters is 1. The van der Waals surface area contributed by atoms with E-state index in [0.29, 0.717) is 17.9 Å². The standard InChI is InChI=1S/C16H18ClN3O4/c1-4-24-16(23)9-6-19-10(5-12(9)21)14-13(17)15(22)18-20(14)7-11(19)8(2)3/h5-6,8,11H,4,7H2,1-3H3,(H,18,22)/t11-/m0/s1. The Labute approximate surface area is 142 Å². The molecule has 24 heavy (non-hydrogen) atoms. The summed E-state index contributed by atoms with van der Waals surface area (Å²) in [5.41, 5.74) is 0.103. The highest BCUT2D eigenvalue weighted by molar-refractivity contribution is 6.32. The van der Waals surface area contributed by atoms with Crippen molar-refractivity contribution in [3.05, 3.63) is 43.4 Å². The molecular weight excluding hydrogens is 334 g/mol. The van der Waals surface area contributed by atoms with Gasteiger partial charge in [0.25, 0.3) is 5.56 Å². The molecule has 3 rings (SSSR count). The van der Waals surface area contributed by atoms with Crippen LogP contribution in [0.15, 0.2) is 21.9 Å². The first-order valence-electron chi connectivity index (χ1n) is 7.77. The van der Waals surface area contributed by atoms with Crippen molar-refractivity contribution in [2.75, 3.05) is 6.61 Å². The van der Waals surface area contributed by atoms with Crippen LogP contribution in [0.2, 0.25) is 5.02 Å². The predicted octanol–water partition coefficient (Wildman–Crippen LogP) is 2.05. The zero-order chi connectivity index (χ0) is 17.6. The van der Waals surface area contributed by atoms with Crippen molar-refractivity contribution in [1.82, 2.24) is 14.3 Å². The molecule has 1 aliphatic heterocycles. The molecule has 2 aromatic heterocycles. The van der Waals surface area contributed by atoms with Gasteiger partial charge in [0.2, 0.25) is 0 Å². The van der Waals surface area contributed by atoms with Gasteiger partial charge in [-0.3, -0.25) is 19.4 Å². The van der Waals surface area contributed by atoms with Crippen molar-refractivity contribution in [3.63, 3.8) is 0 Å². The van der Waals surface area contributed by atoms with Crippen LogP contribution >= 0.6 is 11.6 Å². The number of hydrogen-bond acceptors (Lipinski definition) is 4. The molecule has 0 amide bonds. The molecule has 0 radical (unpaired) electrons. The number of aromatic nitrogens is 3. The highest BCUT2D eigenvalue weighted by Crippen LogP contribution is 2.35. The van der Waals surface area contributed by atoms with E-state index < -0.39 is 17.0 Å². The quantitative estimate of drug-likeness (QED) is 0.857. The molecule has 3 heterocycles. The summed E-state index contributed by atoms with van der Waals surface area (Å²) in [4.78, 5) is 36.2. The summed E-state index contributed by atoms with van der Waals surface area (Å²) in [6, 6.07) is 1.30. The number of pyridine rings is 1. The van der Waals surface area contributed by atoms with Crippen molar-refractivity contribution in [3.8, 4) is 11.4 Å². The maximum atomic E-state index is 12.4. The van der Waals surface area contributed by atoms with Crippen molar-refractivity contribution in [2.45, 2.75) is 33.4 Å². The Morgan fingerprint density at radius 3 is 2.79 bits per heavy atom. The van der Waals surface area contributed by atoms with Gasteiger partial charge in [-0.15, -0.1) is 0 Å². The van der Waals surface area contributed by atoms with E-state index in [1.807, 2.05) is 18.4 Å². The van der Waals surface area contributed by atoms with Gasteiger partial charge < -0.3 is 9.30 Å². The number of nitrogens with zero attached hydrogens (tertiary/aromatic N) is 2. The number of hydrogen-bond donors (Lipinski definition) is 1. The molecule has 0 saturated carbocycles. The van der Waals surface area contributed by atoms with Crippen molar-refractivity contribution < 1.29 is 9.53 Å². The van der Waals surface area contributed by atoms with E-state index in [0.717, 1.165) is 0 Å². The molecule has 128 valence electrons. The Bertz CT molecular complexity index is 922. The zero-order valence-corrected chi connectivity index (χ0v) is 14.4. The Morgan fingerprint density at radius 1 is 1.46 bits per heavy atom. The van der Waals surface area contributed by atoms with Crippen LogP contribution in [-0.4, -0.2) is 26.9 Å². The molecule has 0 spiro atoms. The first-order valence-corrected chi connectivity index (χ1v) is 8.14. The number of rotatable bonds is 3. The molecular formula is C16H18ClN3O4. The molecule has 0 bridgehead atoms. The third-order valence-corrected chi connectivity index (χ3v) is 4.58. The van der Waals surface area contributed by atoms with E-state index in [1.54, 1.807) is 11.6 Å². The minimum absolute atomic E-state index is 0.0197. The predicted molar refractivity (Wildman–Crippen MR) is 89.6 cm³/mol. The van der Waals surface area contributed by atoms with Crippen LogP contribution in [0.1, 0.15) is 37.2 Å². The molecule has 0 saturated heterocycles. The molecule has 7 nitrogen and oxygen atoms in total. The maximum Gasteiger partial charge on any atom is 0.343 e. The molecule has 1 atom stereocenters. The lowest BCUT2D eigenvalue weighted by atomic mass is 10.00. The van der Waals surface area contributed by atoms with E-state index in [4.69, 9.17) is 16.3 Å². The van der Waals surface area contributed by atoms with Crippen LogP contribution in [0.3, 0.4) is 0 Å². The van der Waals surface area contributed by atoms with Gasteiger partial charge in [0.05, 0.1) is 24.9 Å². The second-order valence-electron chi connectivity index (χ2n) is 6.09. The van der Waals surface area contributed by atoms with Crippen LogP contribution < -0.4 is 11.0 Å². The van der Waals surface area contributed by atoms with Gasteiger partial charge in [0.15, 0.2) is 5.43 Å². The number of aromatic amines is 1. The van der Waals surface area contributed by atoms with Crippen molar-refractivity contribution in [1.29, 1.82) is 0 Å². The summed E-state index contributed by atoms with van der Waals surface area (Å²) in [5, 5.41) is 2.73. The number of ether oxygens (including phenoxy) is 1. The first-order chi connectivity index (χ1) is 11.3. The highest BCUT2D eigenvalue weighted by atomic mass is 35.5. The third-order valence-electron chi connectivity index (χ3n) is 4.23. The van der Waals surface area contributed by atoms with Gasteiger partial charge in [-0.25, -0.2) is 4.79 Å². The molecule has 0 fully saturated rings. The van der Waals surface area contributed by atoms with Gasteiger partial charge in [-0.2, -0.15) is 0 Å². The van der Waals surface area contributed by atoms with Gasteiger partial charge >= 0.3 is 5.97 Å². The van der Waals surface area contributed by atoms with Gasteiger partial charge in [0, 0.05) is 12.3 Å². The lowest BCUT2D eigenvalue weighted by Crippen LogP contribution is -2.31. The second-order valence-corrected chi connectivity index (χ2v) is 6.47. The smallest absolute Gasteiger partial charge is 0.343 e. The Kier molecular flexibility index (Phi) is 4.13. The van der Waals surface area contributed by atoms with E-state index in [9.17, 15) is 14.4 Å². The fraction of sp³-hybridized carbons (Fsp3) is 0.438. The zero-order valence-electron chi connectivity index (χ0n) is 13.6. The van der Waals surface area contributed by atoms with Crippen LogP contribution in [0.5, 0.6) is 0 Å². The lowest BCUT2D eigenvalue weighted by Gasteiger charge is -2.32. The average Bonchev–Trinajstić information content (AvgIpc) is 2.80. The molecule has 0 unspecified atom stereocenters. The van der Waals surface area contributed by atoms with E-state index in [-0.39, 0.29) is 29.2 Å². The summed E-state index contributed by atoms with van der Waals surface area (Å²) < 4.78 is 8.45. The summed E-state index contributed by atoms with van der Waals surface area (Å²) in [6.07, 6.45) is 1.51. The van der Waals surface area contributed by atoms with Crippen LogP contribution in [0.4, 0.5) is 0 Å². The molecule has 1 N–H and O–H groups in total. The van der Waals surface area contributed by atoms with Crippen LogP contribution in [-0.2, 0) is 11.3 Å². The van der Waals surface area contributed by atoms with E-state index in [1.165, 1.54) is 12.3 Å². The Morgan fingerprint density at radius 2 is 2.17 bits per heavy atom. The number of H-pyrrole nitrogens is 1. The number of nitrogens with one attached hydrogen (secondary N) is 1. The highest BCUT2D eigenvalue weighted by Gasteiger charge is 2.31. The fourth-order valence-corrected chi connectivity index (χ4v) is 3.27. The normalized spacial score (nSPS) is 16.0. The number of carbonyl (C=O) groups excluding carboxylic acids is 1. The summed E-state index contributed by atoms with van der Waals surface area (Å²) in [6.45, 7) is 6.43. The molecule has 0 aromatic carbocycles. The van der Waals surface area contributed by atoms with Gasteiger partial charge in [-0.1, -0.05) is 25.4 Å². The van der Waals surface area contributed by atoms with Gasteiger partial charge in [0.1, 0.15) is 16.3 Å². The Balaban J connectivity index is 2.27. The monoisotopic (exact) mass is 351 g/mol. The topological polar surface area (TPSA) is 86.1 Å². The second kappa shape index (κ2) is 5.98. The SMILES string of the molecule is CCOC(=O)c1cn2c(cc1=O)-c1c(Cl)c(=O)[nH]n1C[C@H]2C(C)C. The molecule has 2 aromatic rings. The van der Waals surface area contributed by atoms with E-state index >= 15 is 0 Å². The molecule has 0 aliphatic carbocycles. The van der Waals surface area contributed by atoms with E-state index in [2.05, 4.69) is 5.10 Å². The summed E-state index contributed by atoms with van der Waals surface area (Å²) in [7, 11) is 0.